The quantitative estimate of drug-likeness (QED) is 0.286. The molecule has 1 aliphatic carbocycles. The van der Waals surface area contributed by atoms with Crippen LogP contribution in [0.25, 0.3) is 33.1 Å². The van der Waals surface area contributed by atoms with E-state index in [-0.39, 0.29) is 5.82 Å². The molecule has 2 aromatic carbocycles. The first kappa shape index (κ1) is 26.7. The van der Waals surface area contributed by atoms with Crippen LogP contribution in [0.4, 0.5) is 21.8 Å². The van der Waals surface area contributed by atoms with E-state index < -0.39 is 0 Å². The Kier molecular flexibility index (Phi) is 6.95. The van der Waals surface area contributed by atoms with Gasteiger partial charge in [-0.05, 0) is 69.5 Å². The molecule has 3 N–H and O–H groups in total. The Morgan fingerprint density at radius 3 is 2.38 bits per heavy atom. The first-order valence-electron chi connectivity index (χ1n) is 14.8. The number of anilines is 3. The van der Waals surface area contributed by atoms with Crippen molar-refractivity contribution in [3.05, 3.63) is 66.5 Å². The number of fused-ring (bicyclic) bond motifs is 2. The molecular weight excluding hydrogens is 529 g/mol. The molecule has 0 unspecified atom stereocenters. The minimum absolute atomic E-state index is 0.314. The largest absolute Gasteiger partial charge is 0.383 e. The molecule has 7 rings (SSSR count). The number of likely N-dealkylation sites (N-methyl/N-ethyl adjacent to an activating group) is 1. The van der Waals surface area contributed by atoms with Gasteiger partial charge in [0.1, 0.15) is 23.6 Å². The van der Waals surface area contributed by atoms with Gasteiger partial charge in [-0.15, -0.1) is 0 Å². The van der Waals surface area contributed by atoms with Crippen molar-refractivity contribution in [2.75, 3.05) is 44.3 Å². The molecule has 42 heavy (non-hydrogen) atoms. The fourth-order valence-electron chi connectivity index (χ4n) is 6.73. The van der Waals surface area contributed by atoms with E-state index in [9.17, 15) is 4.39 Å². The molecule has 1 saturated carbocycles. The van der Waals surface area contributed by atoms with Crippen LogP contribution in [0.15, 0.2) is 55.0 Å². The number of nitrogens with zero attached hydrogens (tertiary/aromatic N) is 7. The number of hydrogen-bond donors (Lipinski definition) is 2. The van der Waals surface area contributed by atoms with Crippen molar-refractivity contribution in [3.8, 4) is 11.1 Å². The molecule has 0 atom stereocenters. The number of halogens is 1. The summed E-state index contributed by atoms with van der Waals surface area (Å²) in [5, 5.41) is 4.61. The molecule has 5 aromatic rings. The van der Waals surface area contributed by atoms with Crippen molar-refractivity contribution in [1.82, 2.24) is 34.3 Å². The molecule has 0 spiro atoms. The van der Waals surface area contributed by atoms with E-state index in [2.05, 4.69) is 60.0 Å². The second kappa shape index (κ2) is 10.9. The average molecular weight is 566 g/mol. The van der Waals surface area contributed by atoms with Crippen molar-refractivity contribution < 1.29 is 4.39 Å². The van der Waals surface area contributed by atoms with Gasteiger partial charge in [-0.3, -0.25) is 4.90 Å². The Balaban J connectivity index is 1.13. The molecule has 0 radical (unpaired) electrons. The molecule has 9 nitrogen and oxygen atoms in total. The maximum Gasteiger partial charge on any atom is 0.228 e. The summed E-state index contributed by atoms with van der Waals surface area (Å²) in [5.74, 6) is 0.612. The van der Waals surface area contributed by atoms with Crippen molar-refractivity contribution in [2.45, 2.75) is 44.7 Å². The van der Waals surface area contributed by atoms with E-state index in [0.717, 1.165) is 53.8 Å². The molecule has 1 saturated heterocycles. The standard InChI is InChI=1S/C32H36FN9/c1-20-28-26(33)4-3-5-27(28)39-32(37-20)38-22-8-6-21(7-9-22)25-18-42(31-29(25)30(34)35-19-36-31)24-12-10-23(11-13-24)41-16-14-40(2)15-17-41/h3-9,18-19,23-24H,10-17H2,1-2H3,(H2,34,35,36)(H,37,38,39). The molecule has 2 aliphatic rings. The lowest BCUT2D eigenvalue weighted by Gasteiger charge is -2.41. The molecule has 4 heterocycles. The van der Waals surface area contributed by atoms with Gasteiger partial charge >= 0.3 is 0 Å². The molecule has 3 aromatic heterocycles. The molecule has 216 valence electrons. The molecule has 0 amide bonds. The van der Waals surface area contributed by atoms with Gasteiger partial charge in [0.15, 0.2) is 0 Å². The van der Waals surface area contributed by atoms with Crippen LogP contribution >= 0.6 is 0 Å². The third-order valence-electron chi connectivity index (χ3n) is 9.06. The predicted octanol–water partition coefficient (Wildman–Crippen LogP) is 5.55. The van der Waals surface area contributed by atoms with E-state index >= 15 is 0 Å². The summed E-state index contributed by atoms with van der Waals surface area (Å²) in [6, 6.07) is 14.1. The van der Waals surface area contributed by atoms with E-state index in [1.165, 1.54) is 32.0 Å². The normalized spacial score (nSPS) is 20.4. The van der Waals surface area contributed by atoms with Gasteiger partial charge in [0, 0.05) is 55.7 Å². The van der Waals surface area contributed by atoms with E-state index in [4.69, 9.17) is 10.7 Å². The highest BCUT2D eigenvalue weighted by atomic mass is 19.1. The van der Waals surface area contributed by atoms with E-state index in [1.54, 1.807) is 25.4 Å². The van der Waals surface area contributed by atoms with Gasteiger partial charge in [-0.1, -0.05) is 18.2 Å². The number of hydrogen-bond acceptors (Lipinski definition) is 8. The maximum atomic E-state index is 14.3. The van der Waals surface area contributed by atoms with Crippen LogP contribution in [-0.2, 0) is 0 Å². The maximum absolute atomic E-state index is 14.3. The van der Waals surface area contributed by atoms with Crippen molar-refractivity contribution in [2.24, 2.45) is 0 Å². The Morgan fingerprint density at radius 2 is 1.62 bits per heavy atom. The Hall–Kier alpha value is -4.15. The Bertz CT molecular complexity index is 1730. The van der Waals surface area contributed by atoms with Gasteiger partial charge < -0.3 is 20.5 Å². The minimum atomic E-state index is -0.314. The first-order chi connectivity index (χ1) is 20.4. The highest BCUT2D eigenvalue weighted by Crippen LogP contribution is 2.39. The first-order valence-corrected chi connectivity index (χ1v) is 14.8. The lowest BCUT2D eigenvalue weighted by molar-refractivity contribution is 0.0828. The molecule has 1 aliphatic heterocycles. The summed E-state index contributed by atoms with van der Waals surface area (Å²) in [6.07, 6.45) is 8.44. The summed E-state index contributed by atoms with van der Waals surface area (Å²) in [7, 11) is 2.21. The lowest BCUT2D eigenvalue weighted by Crippen LogP contribution is -2.49. The highest BCUT2D eigenvalue weighted by molar-refractivity contribution is 6.00. The lowest BCUT2D eigenvalue weighted by atomic mass is 9.89. The monoisotopic (exact) mass is 565 g/mol. The molecular formula is C32H36FN9. The van der Waals surface area contributed by atoms with Crippen LogP contribution < -0.4 is 11.1 Å². The average Bonchev–Trinajstić information content (AvgIpc) is 3.39. The summed E-state index contributed by atoms with van der Waals surface area (Å²) in [4.78, 5) is 23.1. The summed E-state index contributed by atoms with van der Waals surface area (Å²) in [5.41, 5.74) is 11.4. The molecule has 2 fully saturated rings. The summed E-state index contributed by atoms with van der Waals surface area (Å²) >= 11 is 0. The van der Waals surface area contributed by atoms with Gasteiger partial charge in [0.2, 0.25) is 5.95 Å². The topological polar surface area (TPSA) is 101 Å². The van der Waals surface area contributed by atoms with Crippen molar-refractivity contribution in [3.63, 3.8) is 0 Å². The minimum Gasteiger partial charge on any atom is -0.383 e. The highest BCUT2D eigenvalue weighted by Gasteiger charge is 2.30. The number of nitrogens with two attached hydrogens (primary N) is 1. The number of aryl methyl sites for hydroxylation is 1. The van der Waals surface area contributed by atoms with Crippen LogP contribution in [0.5, 0.6) is 0 Å². The van der Waals surface area contributed by atoms with Gasteiger partial charge in [-0.25, -0.2) is 24.3 Å². The number of nitrogen functional groups attached to an aromatic ring is 1. The van der Waals surface area contributed by atoms with Gasteiger partial charge in [0.25, 0.3) is 0 Å². The van der Waals surface area contributed by atoms with Crippen molar-refractivity contribution >= 4 is 39.4 Å². The Morgan fingerprint density at radius 1 is 0.881 bits per heavy atom. The Labute approximate surface area is 244 Å². The number of piperazine rings is 1. The van der Waals surface area contributed by atoms with Gasteiger partial charge in [-0.2, -0.15) is 0 Å². The number of rotatable bonds is 5. The smallest absolute Gasteiger partial charge is 0.228 e. The fourth-order valence-corrected chi connectivity index (χ4v) is 6.73. The zero-order valence-corrected chi connectivity index (χ0v) is 24.1. The van der Waals surface area contributed by atoms with E-state index in [1.807, 2.05) is 12.1 Å². The number of nitrogens with one attached hydrogen (secondary N) is 1. The van der Waals surface area contributed by atoms with Crippen LogP contribution in [-0.4, -0.2) is 73.6 Å². The number of benzene rings is 2. The summed E-state index contributed by atoms with van der Waals surface area (Å²) in [6.45, 7) is 6.45. The SMILES string of the molecule is Cc1nc(Nc2ccc(-c3cn(C4CCC(N5CCN(C)CC5)CC4)c4ncnc(N)c34)cc2)nc2cccc(F)c12. The molecule has 10 heteroatoms. The zero-order chi connectivity index (χ0) is 28.8. The van der Waals surface area contributed by atoms with E-state index in [0.29, 0.717) is 40.4 Å². The van der Waals surface area contributed by atoms with Crippen LogP contribution in [0.3, 0.4) is 0 Å². The van der Waals surface area contributed by atoms with Crippen LogP contribution in [0.1, 0.15) is 37.4 Å². The van der Waals surface area contributed by atoms with Crippen molar-refractivity contribution in [1.29, 1.82) is 0 Å². The summed E-state index contributed by atoms with van der Waals surface area (Å²) < 4.78 is 16.6. The zero-order valence-electron chi connectivity index (χ0n) is 24.1. The second-order valence-electron chi connectivity index (χ2n) is 11.7. The number of aromatic nitrogens is 5. The van der Waals surface area contributed by atoms with Crippen LogP contribution in [0, 0.1) is 12.7 Å². The van der Waals surface area contributed by atoms with Gasteiger partial charge in [0.05, 0.1) is 22.0 Å². The third kappa shape index (κ3) is 4.94. The molecule has 0 bridgehead atoms. The second-order valence-corrected chi connectivity index (χ2v) is 11.7. The predicted molar refractivity (Wildman–Crippen MR) is 165 cm³/mol. The third-order valence-corrected chi connectivity index (χ3v) is 9.06. The fraction of sp³-hybridized carbons (Fsp3) is 0.375. The van der Waals surface area contributed by atoms with Crippen LogP contribution in [0.2, 0.25) is 0 Å².